The standard InChI is InChI=1S/C19H29N3O4S/c1-16(21-9-3-2-4-10-21)15-20-19(23)17-5-7-18(8-6-17)27(24,25)22-11-13-26-14-12-22/h5-8,16H,2-4,9-15H2,1H3,(H,20,23). The van der Waals surface area contributed by atoms with Crippen molar-refractivity contribution < 1.29 is 17.9 Å². The van der Waals surface area contributed by atoms with Gasteiger partial charge in [0.2, 0.25) is 10.0 Å². The summed E-state index contributed by atoms with van der Waals surface area (Å²) in [5.41, 5.74) is 0.474. The van der Waals surface area contributed by atoms with Crippen LogP contribution in [0.4, 0.5) is 0 Å². The lowest BCUT2D eigenvalue weighted by Gasteiger charge is -2.32. The molecule has 150 valence electrons. The molecule has 1 aromatic rings. The second-order valence-electron chi connectivity index (χ2n) is 7.20. The predicted octanol–water partition coefficient (Wildman–Crippen LogP) is 1.31. The van der Waals surface area contributed by atoms with E-state index in [1.807, 2.05) is 0 Å². The zero-order valence-corrected chi connectivity index (χ0v) is 16.7. The van der Waals surface area contributed by atoms with Crippen LogP contribution in [0.3, 0.4) is 0 Å². The lowest BCUT2D eigenvalue weighted by Crippen LogP contribution is -2.44. The van der Waals surface area contributed by atoms with E-state index >= 15 is 0 Å². The van der Waals surface area contributed by atoms with E-state index in [2.05, 4.69) is 17.1 Å². The Bertz CT molecular complexity index is 724. The number of likely N-dealkylation sites (tertiary alicyclic amines) is 1. The Morgan fingerprint density at radius 3 is 2.33 bits per heavy atom. The first kappa shape index (κ1) is 20.3. The van der Waals surface area contributed by atoms with Gasteiger partial charge in [-0.25, -0.2) is 8.42 Å². The second-order valence-corrected chi connectivity index (χ2v) is 9.13. The van der Waals surface area contributed by atoms with Gasteiger partial charge in [-0.05, 0) is 57.1 Å². The van der Waals surface area contributed by atoms with Gasteiger partial charge in [-0.15, -0.1) is 0 Å². The van der Waals surface area contributed by atoms with E-state index in [-0.39, 0.29) is 10.8 Å². The third kappa shape index (κ3) is 5.07. The van der Waals surface area contributed by atoms with Gasteiger partial charge in [0.25, 0.3) is 5.91 Å². The number of carbonyl (C=O) groups excluding carboxylic acids is 1. The summed E-state index contributed by atoms with van der Waals surface area (Å²) in [5, 5.41) is 2.96. The van der Waals surface area contributed by atoms with Gasteiger partial charge >= 0.3 is 0 Å². The van der Waals surface area contributed by atoms with Crippen molar-refractivity contribution in [2.24, 2.45) is 0 Å². The van der Waals surface area contributed by atoms with E-state index < -0.39 is 10.0 Å². The number of ether oxygens (including phenoxy) is 1. The Hall–Kier alpha value is -1.48. The number of hydrogen-bond donors (Lipinski definition) is 1. The molecule has 27 heavy (non-hydrogen) atoms. The summed E-state index contributed by atoms with van der Waals surface area (Å²) in [7, 11) is -3.53. The zero-order chi connectivity index (χ0) is 19.3. The maximum absolute atomic E-state index is 12.6. The van der Waals surface area contributed by atoms with Crippen LogP contribution in [0.1, 0.15) is 36.5 Å². The first-order valence-corrected chi connectivity index (χ1v) is 11.1. The van der Waals surface area contributed by atoms with Crippen LogP contribution in [-0.2, 0) is 14.8 Å². The minimum absolute atomic E-state index is 0.172. The first-order valence-electron chi connectivity index (χ1n) is 9.69. The number of carbonyl (C=O) groups is 1. The molecule has 0 radical (unpaired) electrons. The number of rotatable bonds is 6. The summed E-state index contributed by atoms with van der Waals surface area (Å²) >= 11 is 0. The van der Waals surface area contributed by atoms with Gasteiger partial charge in [0.1, 0.15) is 0 Å². The minimum Gasteiger partial charge on any atom is -0.379 e. The van der Waals surface area contributed by atoms with Crippen LogP contribution in [0.5, 0.6) is 0 Å². The van der Waals surface area contributed by atoms with Gasteiger partial charge in [0.15, 0.2) is 0 Å². The molecule has 2 heterocycles. The van der Waals surface area contributed by atoms with E-state index in [1.54, 1.807) is 12.1 Å². The van der Waals surface area contributed by atoms with E-state index in [1.165, 1.54) is 35.7 Å². The molecule has 3 rings (SSSR count). The number of benzene rings is 1. The highest BCUT2D eigenvalue weighted by molar-refractivity contribution is 7.89. The van der Waals surface area contributed by atoms with Gasteiger partial charge < -0.3 is 10.1 Å². The number of nitrogens with one attached hydrogen (secondary N) is 1. The van der Waals surface area contributed by atoms with Crippen molar-refractivity contribution in [3.8, 4) is 0 Å². The van der Waals surface area contributed by atoms with Gasteiger partial charge in [-0.2, -0.15) is 4.31 Å². The number of hydrogen-bond acceptors (Lipinski definition) is 5. The maximum Gasteiger partial charge on any atom is 0.251 e. The fourth-order valence-electron chi connectivity index (χ4n) is 3.55. The van der Waals surface area contributed by atoms with Gasteiger partial charge in [0.05, 0.1) is 18.1 Å². The Labute approximate surface area is 161 Å². The Morgan fingerprint density at radius 2 is 1.70 bits per heavy atom. The Morgan fingerprint density at radius 1 is 1.07 bits per heavy atom. The molecule has 1 aromatic carbocycles. The van der Waals surface area contributed by atoms with Crippen molar-refractivity contribution in [1.82, 2.24) is 14.5 Å². The number of amides is 1. The molecule has 0 aliphatic carbocycles. The van der Waals surface area contributed by atoms with Gasteiger partial charge in [0, 0.05) is 31.2 Å². The molecule has 0 bridgehead atoms. The average Bonchev–Trinajstić information content (AvgIpc) is 2.73. The van der Waals surface area contributed by atoms with Crippen LogP contribution in [0, 0.1) is 0 Å². The van der Waals surface area contributed by atoms with Gasteiger partial charge in [-0.3, -0.25) is 9.69 Å². The quantitative estimate of drug-likeness (QED) is 0.786. The smallest absolute Gasteiger partial charge is 0.251 e. The topological polar surface area (TPSA) is 79.0 Å². The van der Waals surface area contributed by atoms with Crippen LogP contribution < -0.4 is 5.32 Å². The van der Waals surface area contributed by atoms with Crippen molar-refractivity contribution in [2.75, 3.05) is 45.9 Å². The highest BCUT2D eigenvalue weighted by Gasteiger charge is 2.26. The van der Waals surface area contributed by atoms with E-state index in [0.717, 1.165) is 13.1 Å². The van der Waals surface area contributed by atoms with Crippen molar-refractivity contribution >= 4 is 15.9 Å². The summed E-state index contributed by atoms with van der Waals surface area (Å²) in [6.45, 7) is 6.44. The molecule has 2 fully saturated rings. The van der Waals surface area contributed by atoms with Crippen LogP contribution in [-0.4, -0.2) is 75.5 Å². The summed E-state index contributed by atoms with van der Waals surface area (Å²) in [6.07, 6.45) is 3.73. The molecule has 0 aromatic heterocycles. The number of sulfonamides is 1. The largest absolute Gasteiger partial charge is 0.379 e. The second kappa shape index (κ2) is 9.14. The summed E-state index contributed by atoms with van der Waals surface area (Å²) in [6, 6.07) is 6.47. The predicted molar refractivity (Wildman–Crippen MR) is 103 cm³/mol. The lowest BCUT2D eigenvalue weighted by molar-refractivity contribution is 0.0730. The summed E-state index contributed by atoms with van der Waals surface area (Å²) < 4.78 is 31.9. The average molecular weight is 396 g/mol. The third-order valence-electron chi connectivity index (χ3n) is 5.30. The molecule has 0 saturated carbocycles. The van der Waals surface area contributed by atoms with Crippen molar-refractivity contribution in [1.29, 1.82) is 0 Å². The fraction of sp³-hybridized carbons (Fsp3) is 0.632. The first-order chi connectivity index (χ1) is 13.0. The molecule has 1 atom stereocenters. The Balaban J connectivity index is 1.56. The van der Waals surface area contributed by atoms with E-state index in [0.29, 0.717) is 44.5 Å². The van der Waals surface area contributed by atoms with Gasteiger partial charge in [-0.1, -0.05) is 6.42 Å². The molecule has 7 nitrogen and oxygen atoms in total. The summed E-state index contributed by atoms with van der Waals surface area (Å²) in [5.74, 6) is -0.172. The molecule has 2 aliphatic heterocycles. The van der Waals surface area contributed by atoms with E-state index in [4.69, 9.17) is 4.74 Å². The number of morpholine rings is 1. The molecule has 1 N–H and O–H groups in total. The molecule has 8 heteroatoms. The lowest BCUT2D eigenvalue weighted by atomic mass is 10.1. The van der Waals surface area contributed by atoms with Crippen LogP contribution >= 0.6 is 0 Å². The third-order valence-corrected chi connectivity index (χ3v) is 7.21. The SMILES string of the molecule is CC(CNC(=O)c1ccc(S(=O)(=O)N2CCOCC2)cc1)N1CCCCC1. The van der Waals surface area contributed by atoms with Crippen LogP contribution in [0.15, 0.2) is 29.2 Å². The van der Waals surface area contributed by atoms with E-state index in [9.17, 15) is 13.2 Å². The minimum atomic E-state index is -3.53. The molecule has 1 unspecified atom stereocenters. The molecule has 1 amide bonds. The highest BCUT2D eigenvalue weighted by Crippen LogP contribution is 2.18. The highest BCUT2D eigenvalue weighted by atomic mass is 32.2. The number of nitrogens with zero attached hydrogens (tertiary/aromatic N) is 2. The van der Waals surface area contributed by atoms with Crippen LogP contribution in [0.25, 0.3) is 0 Å². The molecule has 2 aliphatic rings. The molecule has 2 saturated heterocycles. The Kier molecular flexibility index (Phi) is 6.86. The van der Waals surface area contributed by atoms with Crippen LogP contribution in [0.2, 0.25) is 0 Å². The normalized spacial score (nSPS) is 20.9. The molecular weight excluding hydrogens is 366 g/mol. The molecular formula is C19H29N3O4S. The van der Waals surface area contributed by atoms with Crippen molar-refractivity contribution in [3.63, 3.8) is 0 Å². The summed E-state index contributed by atoms with van der Waals surface area (Å²) in [4.78, 5) is 15.0. The van der Waals surface area contributed by atoms with Crippen molar-refractivity contribution in [3.05, 3.63) is 29.8 Å². The maximum atomic E-state index is 12.6. The fourth-order valence-corrected chi connectivity index (χ4v) is 4.95. The van der Waals surface area contributed by atoms with Crippen molar-refractivity contribution in [2.45, 2.75) is 37.1 Å². The molecule has 0 spiro atoms. The number of piperidine rings is 1. The zero-order valence-electron chi connectivity index (χ0n) is 15.9. The monoisotopic (exact) mass is 395 g/mol.